The highest BCUT2D eigenvalue weighted by atomic mass is 35.5. The summed E-state index contributed by atoms with van der Waals surface area (Å²) in [5.41, 5.74) is 5.49. The fourth-order valence-electron chi connectivity index (χ4n) is 1.84. The van der Waals surface area contributed by atoms with Crippen molar-refractivity contribution < 1.29 is 14.0 Å². The zero-order valence-corrected chi connectivity index (χ0v) is 13.1. The van der Waals surface area contributed by atoms with Crippen molar-refractivity contribution in [3.05, 3.63) is 47.2 Å². The van der Waals surface area contributed by atoms with Crippen molar-refractivity contribution in [2.45, 2.75) is 20.3 Å². The molecule has 1 aromatic heterocycles. The maximum atomic E-state index is 11.9. The van der Waals surface area contributed by atoms with Gasteiger partial charge in [0.1, 0.15) is 5.76 Å². The molecule has 22 heavy (non-hydrogen) atoms. The van der Waals surface area contributed by atoms with Crippen molar-refractivity contribution >= 4 is 23.4 Å². The van der Waals surface area contributed by atoms with Gasteiger partial charge >= 0.3 is 5.91 Å². The third kappa shape index (κ3) is 4.36. The van der Waals surface area contributed by atoms with Crippen LogP contribution in [0.15, 0.2) is 40.8 Å². The highest BCUT2D eigenvalue weighted by Crippen LogP contribution is 2.23. The van der Waals surface area contributed by atoms with Crippen LogP contribution < -0.4 is 10.9 Å². The molecular weight excluding hydrogens is 304 g/mol. The Labute approximate surface area is 133 Å². The molecule has 1 aromatic carbocycles. The summed E-state index contributed by atoms with van der Waals surface area (Å²) in [5, 5.41) is 0.626. The average molecular weight is 321 g/mol. The smallest absolute Gasteiger partial charge is 0.305 e. The first-order chi connectivity index (χ1) is 10.5. The fraction of sp³-hybridized carbons (Fsp3) is 0.250. The molecule has 0 aliphatic carbocycles. The molecule has 1 heterocycles. The SMILES string of the molecule is CC(C)CC(=O)NNC(=O)c1ccc(-c2ccc(Cl)cc2)o1. The lowest BCUT2D eigenvalue weighted by Crippen LogP contribution is -2.41. The van der Waals surface area contributed by atoms with Crippen LogP contribution in [0.2, 0.25) is 5.02 Å². The minimum absolute atomic E-state index is 0.120. The van der Waals surface area contributed by atoms with Gasteiger partial charge < -0.3 is 4.42 Å². The van der Waals surface area contributed by atoms with Crippen molar-refractivity contribution in [2.75, 3.05) is 0 Å². The summed E-state index contributed by atoms with van der Waals surface area (Å²) in [6.45, 7) is 3.85. The first-order valence-electron chi connectivity index (χ1n) is 6.90. The molecule has 0 fully saturated rings. The van der Waals surface area contributed by atoms with Gasteiger partial charge in [0.05, 0.1) is 0 Å². The Morgan fingerprint density at radius 3 is 2.41 bits per heavy atom. The van der Waals surface area contributed by atoms with E-state index in [0.29, 0.717) is 17.2 Å². The Hall–Kier alpha value is -2.27. The molecule has 0 saturated heterocycles. The van der Waals surface area contributed by atoms with E-state index < -0.39 is 5.91 Å². The minimum Gasteiger partial charge on any atom is -0.451 e. The second kappa shape index (κ2) is 7.13. The monoisotopic (exact) mass is 320 g/mol. The minimum atomic E-state index is -0.502. The summed E-state index contributed by atoms with van der Waals surface area (Å²) < 4.78 is 5.48. The molecule has 6 heteroatoms. The van der Waals surface area contributed by atoms with E-state index in [4.69, 9.17) is 16.0 Å². The van der Waals surface area contributed by atoms with Crippen LogP contribution in [-0.2, 0) is 4.79 Å². The molecular formula is C16H17ClN2O3. The fourth-order valence-corrected chi connectivity index (χ4v) is 1.97. The quantitative estimate of drug-likeness (QED) is 0.848. The number of hydrogen-bond donors (Lipinski definition) is 2. The molecule has 2 aromatic rings. The van der Waals surface area contributed by atoms with E-state index in [1.54, 1.807) is 36.4 Å². The van der Waals surface area contributed by atoms with Crippen LogP contribution in [0.4, 0.5) is 0 Å². The van der Waals surface area contributed by atoms with E-state index in [0.717, 1.165) is 5.56 Å². The molecule has 5 nitrogen and oxygen atoms in total. The lowest BCUT2D eigenvalue weighted by Gasteiger charge is -2.07. The molecule has 0 aliphatic heterocycles. The highest BCUT2D eigenvalue weighted by molar-refractivity contribution is 6.30. The Bertz CT molecular complexity index is 662. The number of nitrogens with one attached hydrogen (secondary N) is 2. The molecule has 2 rings (SSSR count). The van der Waals surface area contributed by atoms with Crippen molar-refractivity contribution in [3.8, 4) is 11.3 Å². The van der Waals surface area contributed by atoms with Crippen LogP contribution in [0.1, 0.15) is 30.8 Å². The van der Waals surface area contributed by atoms with E-state index in [9.17, 15) is 9.59 Å². The Morgan fingerprint density at radius 1 is 1.09 bits per heavy atom. The molecule has 0 unspecified atom stereocenters. The predicted molar refractivity (Wildman–Crippen MR) is 84.2 cm³/mol. The number of rotatable bonds is 4. The lowest BCUT2D eigenvalue weighted by molar-refractivity contribution is -0.122. The Morgan fingerprint density at radius 2 is 1.77 bits per heavy atom. The third-order valence-electron chi connectivity index (χ3n) is 2.87. The van der Waals surface area contributed by atoms with Crippen LogP contribution in [0.3, 0.4) is 0 Å². The molecule has 0 bridgehead atoms. The van der Waals surface area contributed by atoms with Gasteiger partial charge in [-0.3, -0.25) is 20.4 Å². The second-order valence-electron chi connectivity index (χ2n) is 5.27. The number of hydrogen-bond acceptors (Lipinski definition) is 3. The zero-order valence-electron chi connectivity index (χ0n) is 12.4. The highest BCUT2D eigenvalue weighted by Gasteiger charge is 2.13. The summed E-state index contributed by atoms with van der Waals surface area (Å²) in [5.74, 6) is 0.146. The molecule has 0 aliphatic rings. The summed E-state index contributed by atoms with van der Waals surface area (Å²) in [6, 6.07) is 10.3. The topological polar surface area (TPSA) is 71.3 Å². The van der Waals surface area contributed by atoms with Crippen molar-refractivity contribution in [1.82, 2.24) is 10.9 Å². The number of carbonyl (C=O) groups is 2. The van der Waals surface area contributed by atoms with Gasteiger partial charge in [0.2, 0.25) is 5.91 Å². The van der Waals surface area contributed by atoms with E-state index in [1.165, 1.54) is 0 Å². The number of carbonyl (C=O) groups excluding carboxylic acids is 2. The van der Waals surface area contributed by atoms with Gasteiger partial charge in [-0.05, 0) is 42.3 Å². The third-order valence-corrected chi connectivity index (χ3v) is 3.12. The van der Waals surface area contributed by atoms with Gasteiger partial charge in [0.25, 0.3) is 0 Å². The number of benzene rings is 1. The van der Waals surface area contributed by atoms with Gasteiger partial charge in [-0.25, -0.2) is 0 Å². The predicted octanol–water partition coefficient (Wildman–Crippen LogP) is 3.41. The number of halogens is 1. The van der Waals surface area contributed by atoms with Gasteiger partial charge in [0.15, 0.2) is 5.76 Å². The molecule has 116 valence electrons. The second-order valence-corrected chi connectivity index (χ2v) is 5.71. The summed E-state index contributed by atoms with van der Waals surface area (Å²) >= 11 is 5.83. The Kier molecular flexibility index (Phi) is 5.22. The first kappa shape index (κ1) is 16.1. The zero-order chi connectivity index (χ0) is 16.1. The lowest BCUT2D eigenvalue weighted by atomic mass is 10.1. The van der Waals surface area contributed by atoms with Crippen LogP contribution in [0.5, 0.6) is 0 Å². The number of amides is 2. The summed E-state index contributed by atoms with van der Waals surface area (Å²) in [4.78, 5) is 23.4. The normalized spacial score (nSPS) is 10.5. The van der Waals surface area contributed by atoms with E-state index >= 15 is 0 Å². The van der Waals surface area contributed by atoms with Gasteiger partial charge in [-0.1, -0.05) is 25.4 Å². The number of hydrazine groups is 1. The van der Waals surface area contributed by atoms with E-state index in [-0.39, 0.29) is 17.6 Å². The van der Waals surface area contributed by atoms with Crippen LogP contribution >= 0.6 is 11.6 Å². The standard InChI is InChI=1S/C16H17ClN2O3/c1-10(2)9-15(20)18-19-16(21)14-8-7-13(22-14)11-3-5-12(17)6-4-11/h3-8,10H,9H2,1-2H3,(H,18,20)(H,19,21). The van der Waals surface area contributed by atoms with Gasteiger partial charge in [-0.2, -0.15) is 0 Å². The van der Waals surface area contributed by atoms with Gasteiger partial charge in [0, 0.05) is 17.0 Å². The Balaban J connectivity index is 1.97. The molecule has 0 atom stereocenters. The van der Waals surface area contributed by atoms with Gasteiger partial charge in [-0.15, -0.1) is 0 Å². The summed E-state index contributed by atoms with van der Waals surface area (Å²) in [7, 11) is 0. The van der Waals surface area contributed by atoms with Crippen LogP contribution in [0.25, 0.3) is 11.3 Å². The summed E-state index contributed by atoms with van der Waals surface area (Å²) in [6.07, 6.45) is 0.342. The maximum Gasteiger partial charge on any atom is 0.305 e. The molecule has 0 radical (unpaired) electrons. The van der Waals surface area contributed by atoms with Crippen LogP contribution in [0, 0.1) is 5.92 Å². The molecule has 2 amide bonds. The van der Waals surface area contributed by atoms with Crippen molar-refractivity contribution in [3.63, 3.8) is 0 Å². The van der Waals surface area contributed by atoms with Crippen molar-refractivity contribution in [2.24, 2.45) is 5.92 Å². The van der Waals surface area contributed by atoms with E-state index in [1.807, 2.05) is 13.8 Å². The molecule has 0 spiro atoms. The first-order valence-corrected chi connectivity index (χ1v) is 7.28. The van der Waals surface area contributed by atoms with Crippen LogP contribution in [-0.4, -0.2) is 11.8 Å². The molecule has 0 saturated carbocycles. The van der Waals surface area contributed by atoms with E-state index in [2.05, 4.69) is 10.9 Å². The number of furan rings is 1. The van der Waals surface area contributed by atoms with Crippen molar-refractivity contribution in [1.29, 1.82) is 0 Å². The molecule has 2 N–H and O–H groups in total. The average Bonchev–Trinajstić information content (AvgIpc) is 2.94. The largest absolute Gasteiger partial charge is 0.451 e. The maximum absolute atomic E-state index is 11.9.